The molecule has 0 bridgehead atoms. The lowest BCUT2D eigenvalue weighted by atomic mass is 9.64. The molecule has 1 aliphatic rings. The molecule has 4 radical (unpaired) electrons. The van der Waals surface area contributed by atoms with Gasteiger partial charge in [0.05, 0.1) is 0 Å². The van der Waals surface area contributed by atoms with Crippen LogP contribution in [0.3, 0.4) is 0 Å². The third-order valence-electron chi connectivity index (χ3n) is 7.67. The van der Waals surface area contributed by atoms with Gasteiger partial charge in [-0.2, -0.15) is 0 Å². The predicted octanol–water partition coefficient (Wildman–Crippen LogP) is 7.73. The Bertz CT molecular complexity index is 684. The van der Waals surface area contributed by atoms with E-state index in [-0.39, 0.29) is 28.4 Å². The maximum absolute atomic E-state index is 13.8. The normalized spacial score (nSPS) is 26.5. The third kappa shape index (κ3) is 7.75. The maximum Gasteiger partial charge on any atom is 0.247 e. The topological polar surface area (TPSA) is 35.5 Å². The highest BCUT2D eigenvalue weighted by atomic mass is 28.3. The standard InChI is InChI=1S/C29H52O3Si2/c1-12-20-29(32-33)23(24(27(5,6)7)28(8,9)25(29)30)19-18-22(26(2,3)4)17-15-13-14-16-21-31-34(10)11/h12,18-19,22-24H,1,13-17,20-21H2,2-11H3/b19-18+/t22-,23?,24?,29?/m0/s1. The molecule has 0 N–H and O–H groups in total. The number of ketones is 1. The van der Waals surface area contributed by atoms with Gasteiger partial charge in [0.2, 0.25) is 19.5 Å². The Kier molecular flexibility index (Phi) is 11.7. The van der Waals surface area contributed by atoms with Crippen molar-refractivity contribution in [3.8, 4) is 0 Å². The smallest absolute Gasteiger partial charge is 0.247 e. The lowest BCUT2D eigenvalue weighted by molar-refractivity contribution is -0.138. The van der Waals surface area contributed by atoms with Crippen LogP contribution >= 0.6 is 0 Å². The number of rotatable bonds is 13. The average Bonchev–Trinajstić information content (AvgIpc) is 2.86. The van der Waals surface area contributed by atoms with Crippen LogP contribution in [0.1, 0.15) is 93.9 Å². The van der Waals surface area contributed by atoms with Crippen molar-refractivity contribution in [3.63, 3.8) is 0 Å². The lowest BCUT2D eigenvalue weighted by Crippen LogP contribution is -2.44. The molecule has 5 heteroatoms. The summed E-state index contributed by atoms with van der Waals surface area (Å²) in [5, 5.41) is 0. The van der Waals surface area contributed by atoms with E-state index in [0.717, 1.165) is 19.4 Å². The number of carbonyl (C=O) groups excluding carboxylic acids is 1. The van der Waals surface area contributed by atoms with Crippen LogP contribution in [0.5, 0.6) is 0 Å². The molecule has 1 aliphatic carbocycles. The summed E-state index contributed by atoms with van der Waals surface area (Å²) in [5.41, 5.74) is -1.29. The van der Waals surface area contributed by atoms with Crippen molar-refractivity contribution < 1.29 is 13.6 Å². The Labute approximate surface area is 216 Å². The van der Waals surface area contributed by atoms with Crippen molar-refractivity contribution in [2.45, 2.75) is 113 Å². The molecule has 34 heavy (non-hydrogen) atoms. The summed E-state index contributed by atoms with van der Waals surface area (Å²) in [6.07, 6.45) is 13.0. The molecule has 0 aliphatic heterocycles. The predicted molar refractivity (Wildman–Crippen MR) is 148 cm³/mol. The molecular formula is C29H52O3Si2. The number of Topliss-reactive ketones (excluding diaryl/α,β-unsaturated/α-hetero) is 1. The number of hydrogen-bond donors (Lipinski definition) is 0. The van der Waals surface area contributed by atoms with Gasteiger partial charge < -0.3 is 8.85 Å². The van der Waals surface area contributed by atoms with Crippen LogP contribution in [0.2, 0.25) is 13.1 Å². The third-order valence-corrected chi connectivity index (χ3v) is 8.82. The number of hydrogen-bond acceptors (Lipinski definition) is 3. The second-order valence-electron chi connectivity index (χ2n) is 13.2. The molecule has 3 unspecified atom stereocenters. The van der Waals surface area contributed by atoms with Crippen LogP contribution in [0, 0.1) is 34.0 Å². The second kappa shape index (κ2) is 12.6. The van der Waals surface area contributed by atoms with Gasteiger partial charge in [0.1, 0.15) is 5.60 Å². The first-order valence-electron chi connectivity index (χ1n) is 13.2. The minimum atomic E-state index is -0.919. The van der Waals surface area contributed by atoms with Gasteiger partial charge in [0.25, 0.3) is 0 Å². The largest absolute Gasteiger partial charge is 0.417 e. The molecule has 0 heterocycles. The Morgan fingerprint density at radius 1 is 1.09 bits per heavy atom. The Hall–Kier alpha value is -0.496. The van der Waals surface area contributed by atoms with E-state index in [1.54, 1.807) is 0 Å². The summed E-state index contributed by atoms with van der Waals surface area (Å²) in [6.45, 7) is 27.1. The first kappa shape index (κ1) is 31.5. The van der Waals surface area contributed by atoms with E-state index in [2.05, 4.69) is 97.7 Å². The summed E-state index contributed by atoms with van der Waals surface area (Å²) in [7, 11) is 2.77. The molecule has 0 amide bonds. The van der Waals surface area contributed by atoms with Crippen molar-refractivity contribution in [1.29, 1.82) is 0 Å². The van der Waals surface area contributed by atoms with E-state index in [4.69, 9.17) is 8.85 Å². The fraction of sp³-hybridized carbons (Fsp3) is 0.828. The molecule has 1 rings (SSSR count). The number of allylic oxidation sites excluding steroid dienone is 1. The van der Waals surface area contributed by atoms with Crippen molar-refractivity contribution >= 4 is 25.3 Å². The number of carbonyl (C=O) groups is 1. The Morgan fingerprint density at radius 2 is 1.68 bits per heavy atom. The highest BCUT2D eigenvalue weighted by Gasteiger charge is 2.65. The Balaban J connectivity index is 3.12. The maximum atomic E-state index is 13.8. The minimum absolute atomic E-state index is 0.0217. The van der Waals surface area contributed by atoms with Crippen LogP contribution in [0.15, 0.2) is 24.8 Å². The second-order valence-corrected chi connectivity index (χ2v) is 15.5. The fourth-order valence-electron chi connectivity index (χ4n) is 6.21. The van der Waals surface area contributed by atoms with Gasteiger partial charge >= 0.3 is 0 Å². The summed E-state index contributed by atoms with van der Waals surface area (Å²) in [4.78, 5) is 13.8. The zero-order chi connectivity index (χ0) is 26.4. The first-order valence-corrected chi connectivity index (χ1v) is 16.0. The molecule has 4 atom stereocenters. The summed E-state index contributed by atoms with van der Waals surface area (Å²) in [5.74, 6) is 0.749. The van der Waals surface area contributed by atoms with Gasteiger partial charge in [0, 0.05) is 24.4 Å². The summed E-state index contributed by atoms with van der Waals surface area (Å²) < 4.78 is 11.7. The Morgan fingerprint density at radius 3 is 2.15 bits per heavy atom. The van der Waals surface area contributed by atoms with Crippen molar-refractivity contribution in [1.82, 2.24) is 0 Å². The van der Waals surface area contributed by atoms with Crippen molar-refractivity contribution in [2.75, 3.05) is 6.61 Å². The quantitative estimate of drug-likeness (QED) is 0.146. The van der Waals surface area contributed by atoms with E-state index >= 15 is 0 Å². The fourth-order valence-corrected chi connectivity index (χ4v) is 7.08. The van der Waals surface area contributed by atoms with E-state index in [1.807, 2.05) is 6.08 Å². The van der Waals surface area contributed by atoms with Gasteiger partial charge in [-0.25, -0.2) is 0 Å². The molecule has 1 saturated carbocycles. The van der Waals surface area contributed by atoms with Crippen LogP contribution < -0.4 is 0 Å². The molecule has 0 aromatic carbocycles. The zero-order valence-electron chi connectivity index (χ0n) is 23.8. The molecule has 0 saturated heterocycles. The van der Waals surface area contributed by atoms with Crippen LogP contribution in [0.4, 0.5) is 0 Å². The van der Waals surface area contributed by atoms with Gasteiger partial charge in [-0.15, -0.1) is 6.58 Å². The van der Waals surface area contributed by atoms with Crippen molar-refractivity contribution in [3.05, 3.63) is 24.8 Å². The number of unbranched alkanes of at least 4 members (excludes halogenated alkanes) is 3. The molecule has 0 aromatic rings. The average molecular weight is 505 g/mol. The molecule has 194 valence electrons. The summed E-state index contributed by atoms with van der Waals surface area (Å²) in [6, 6.07) is 0. The van der Waals surface area contributed by atoms with Crippen LogP contribution in [-0.2, 0) is 13.6 Å². The summed E-state index contributed by atoms with van der Waals surface area (Å²) >= 11 is 0. The highest BCUT2D eigenvalue weighted by molar-refractivity contribution is 6.48. The van der Waals surface area contributed by atoms with Gasteiger partial charge in [0.15, 0.2) is 5.78 Å². The molecule has 0 spiro atoms. The van der Waals surface area contributed by atoms with E-state index in [1.165, 1.54) is 19.3 Å². The van der Waals surface area contributed by atoms with Crippen molar-refractivity contribution in [2.24, 2.45) is 34.0 Å². The van der Waals surface area contributed by atoms with E-state index in [0.29, 0.717) is 12.3 Å². The first-order chi connectivity index (χ1) is 15.6. The lowest BCUT2D eigenvalue weighted by Gasteiger charge is -2.40. The molecular weight excluding hydrogens is 452 g/mol. The zero-order valence-corrected chi connectivity index (χ0v) is 25.8. The van der Waals surface area contributed by atoms with E-state index in [9.17, 15) is 4.79 Å². The molecule has 0 aromatic heterocycles. The monoisotopic (exact) mass is 504 g/mol. The van der Waals surface area contributed by atoms with Gasteiger partial charge in [-0.1, -0.05) is 92.9 Å². The van der Waals surface area contributed by atoms with Gasteiger partial charge in [-0.05, 0) is 48.6 Å². The molecule has 3 nitrogen and oxygen atoms in total. The van der Waals surface area contributed by atoms with Crippen LogP contribution in [0.25, 0.3) is 0 Å². The highest BCUT2D eigenvalue weighted by Crippen LogP contribution is 2.59. The SMILES string of the molecule is C=CCC1(O[Si])C(=O)C(C)(C)C(C(C)(C)C)C1/C=C/[C@H](CCCCCCO[Si](C)C)C(C)(C)C. The van der Waals surface area contributed by atoms with E-state index < -0.39 is 20.1 Å². The molecule has 1 fully saturated rings. The van der Waals surface area contributed by atoms with Crippen LogP contribution in [-0.4, -0.2) is 37.5 Å². The minimum Gasteiger partial charge on any atom is -0.417 e. The van der Waals surface area contributed by atoms with Gasteiger partial charge in [-0.3, -0.25) is 4.79 Å².